The number of phenolic OH excluding ortho intramolecular Hbond substituents is 1. The van der Waals surface area contributed by atoms with E-state index >= 15 is 0 Å². The van der Waals surface area contributed by atoms with E-state index in [4.69, 9.17) is 18.9 Å². The standard InChI is InChI=1S/C21H24O7/c1-7-27-20(23)17-11(2)8-14(10-15(17)22)28-21(24)18-12(3)9-16(25-5)13(4)19(18)26-6/h8-10,22H,7H2,1-6H3. The van der Waals surface area contributed by atoms with Crippen molar-refractivity contribution in [2.75, 3.05) is 20.8 Å². The molecule has 0 heterocycles. The fraction of sp³-hybridized carbons (Fsp3) is 0.333. The molecular weight excluding hydrogens is 364 g/mol. The van der Waals surface area contributed by atoms with Crippen LogP contribution in [0.15, 0.2) is 18.2 Å². The molecule has 28 heavy (non-hydrogen) atoms. The van der Waals surface area contributed by atoms with Crippen molar-refractivity contribution in [1.29, 1.82) is 0 Å². The maximum atomic E-state index is 12.8. The van der Waals surface area contributed by atoms with Crippen LogP contribution in [0.25, 0.3) is 0 Å². The van der Waals surface area contributed by atoms with E-state index in [1.54, 1.807) is 33.8 Å². The third kappa shape index (κ3) is 4.03. The molecule has 150 valence electrons. The van der Waals surface area contributed by atoms with Crippen LogP contribution in [-0.4, -0.2) is 37.9 Å². The topological polar surface area (TPSA) is 91.3 Å². The summed E-state index contributed by atoms with van der Waals surface area (Å²) in [5, 5.41) is 10.2. The number of aromatic hydroxyl groups is 1. The second-order valence-corrected chi connectivity index (χ2v) is 6.17. The lowest BCUT2D eigenvalue weighted by Crippen LogP contribution is -2.14. The Morgan fingerprint density at radius 3 is 2.11 bits per heavy atom. The van der Waals surface area contributed by atoms with E-state index in [1.165, 1.54) is 26.4 Å². The van der Waals surface area contributed by atoms with E-state index in [-0.39, 0.29) is 29.2 Å². The van der Waals surface area contributed by atoms with Crippen LogP contribution >= 0.6 is 0 Å². The Morgan fingerprint density at radius 1 is 0.929 bits per heavy atom. The largest absolute Gasteiger partial charge is 0.507 e. The maximum absolute atomic E-state index is 12.8. The first kappa shape index (κ1) is 21.1. The number of hydrogen-bond donors (Lipinski definition) is 1. The van der Waals surface area contributed by atoms with Gasteiger partial charge < -0.3 is 24.1 Å². The predicted octanol–water partition coefficient (Wildman–Crippen LogP) is 3.73. The lowest BCUT2D eigenvalue weighted by Gasteiger charge is -2.17. The van der Waals surface area contributed by atoms with Crippen molar-refractivity contribution in [3.8, 4) is 23.0 Å². The molecule has 0 saturated carbocycles. The molecule has 1 N–H and O–H groups in total. The lowest BCUT2D eigenvalue weighted by molar-refractivity contribution is 0.0522. The van der Waals surface area contributed by atoms with Gasteiger partial charge in [-0.1, -0.05) is 0 Å². The molecule has 7 heteroatoms. The third-order valence-corrected chi connectivity index (χ3v) is 4.29. The summed E-state index contributed by atoms with van der Waals surface area (Å²) < 4.78 is 21.1. The van der Waals surface area contributed by atoms with E-state index < -0.39 is 11.9 Å². The number of aryl methyl sites for hydroxylation is 2. The van der Waals surface area contributed by atoms with Gasteiger partial charge in [-0.25, -0.2) is 9.59 Å². The first-order chi connectivity index (χ1) is 13.2. The Labute approximate surface area is 163 Å². The molecule has 0 amide bonds. The fourth-order valence-corrected chi connectivity index (χ4v) is 3.00. The molecule has 2 aromatic carbocycles. The Bertz CT molecular complexity index is 892. The molecular formula is C21H24O7. The Hall–Kier alpha value is -3.22. The number of carbonyl (C=O) groups excluding carboxylic acids is 2. The van der Waals surface area contributed by atoms with Gasteiger partial charge in [-0.3, -0.25) is 0 Å². The van der Waals surface area contributed by atoms with Crippen molar-refractivity contribution in [3.05, 3.63) is 46.0 Å². The third-order valence-electron chi connectivity index (χ3n) is 4.29. The first-order valence-electron chi connectivity index (χ1n) is 8.70. The minimum absolute atomic E-state index is 0.0377. The van der Waals surface area contributed by atoms with Crippen molar-refractivity contribution < 1.29 is 33.6 Å². The van der Waals surface area contributed by atoms with Gasteiger partial charge in [-0.15, -0.1) is 0 Å². The molecule has 0 unspecified atom stereocenters. The quantitative estimate of drug-likeness (QED) is 0.595. The van der Waals surface area contributed by atoms with Gasteiger partial charge in [0.15, 0.2) is 0 Å². The Kier molecular flexibility index (Phi) is 6.51. The average molecular weight is 388 g/mol. The van der Waals surface area contributed by atoms with Crippen LogP contribution in [0.2, 0.25) is 0 Å². The summed E-state index contributed by atoms with van der Waals surface area (Å²) in [5.74, 6) is -0.565. The van der Waals surface area contributed by atoms with Crippen molar-refractivity contribution in [1.82, 2.24) is 0 Å². The predicted molar refractivity (Wildman–Crippen MR) is 103 cm³/mol. The summed E-state index contributed by atoms with van der Waals surface area (Å²) in [6, 6.07) is 4.42. The molecule has 0 radical (unpaired) electrons. The van der Waals surface area contributed by atoms with Crippen LogP contribution in [0.4, 0.5) is 0 Å². The number of benzene rings is 2. The van der Waals surface area contributed by atoms with Crippen LogP contribution in [0, 0.1) is 20.8 Å². The molecule has 0 aliphatic carbocycles. The van der Waals surface area contributed by atoms with E-state index in [0.29, 0.717) is 28.2 Å². The molecule has 0 saturated heterocycles. The van der Waals surface area contributed by atoms with Gasteiger partial charge in [-0.2, -0.15) is 0 Å². The van der Waals surface area contributed by atoms with E-state index in [2.05, 4.69) is 0 Å². The van der Waals surface area contributed by atoms with Crippen molar-refractivity contribution in [3.63, 3.8) is 0 Å². The minimum atomic E-state index is -0.650. The minimum Gasteiger partial charge on any atom is -0.507 e. The molecule has 0 atom stereocenters. The van der Waals surface area contributed by atoms with Gasteiger partial charge in [0.1, 0.15) is 34.1 Å². The highest BCUT2D eigenvalue weighted by atomic mass is 16.5. The summed E-state index contributed by atoms with van der Waals surface area (Å²) in [7, 11) is 3.00. The number of hydrogen-bond acceptors (Lipinski definition) is 7. The van der Waals surface area contributed by atoms with E-state index in [1.807, 2.05) is 0 Å². The molecule has 0 spiro atoms. The smallest absolute Gasteiger partial charge is 0.347 e. The molecule has 2 aromatic rings. The van der Waals surface area contributed by atoms with E-state index in [0.717, 1.165) is 0 Å². The van der Waals surface area contributed by atoms with Gasteiger partial charge in [0.05, 0.1) is 20.8 Å². The summed E-state index contributed by atoms with van der Waals surface area (Å²) >= 11 is 0. The van der Waals surface area contributed by atoms with Crippen LogP contribution < -0.4 is 14.2 Å². The lowest BCUT2D eigenvalue weighted by atomic mass is 10.0. The summed E-state index contributed by atoms with van der Waals surface area (Å²) in [6.45, 7) is 7.00. The first-order valence-corrected chi connectivity index (χ1v) is 8.70. The summed E-state index contributed by atoms with van der Waals surface area (Å²) in [5.41, 5.74) is 2.01. The highest BCUT2D eigenvalue weighted by Gasteiger charge is 2.24. The number of ether oxygens (including phenoxy) is 4. The zero-order valence-corrected chi connectivity index (χ0v) is 16.8. The van der Waals surface area contributed by atoms with Crippen LogP contribution in [-0.2, 0) is 4.74 Å². The highest BCUT2D eigenvalue weighted by molar-refractivity contribution is 5.97. The van der Waals surface area contributed by atoms with Gasteiger partial charge in [0.2, 0.25) is 0 Å². The zero-order valence-electron chi connectivity index (χ0n) is 16.8. The average Bonchev–Trinajstić information content (AvgIpc) is 2.62. The monoisotopic (exact) mass is 388 g/mol. The van der Waals surface area contributed by atoms with Gasteiger partial charge >= 0.3 is 11.9 Å². The maximum Gasteiger partial charge on any atom is 0.347 e. The number of methoxy groups -OCH3 is 2. The van der Waals surface area contributed by atoms with Crippen molar-refractivity contribution in [2.45, 2.75) is 27.7 Å². The normalized spacial score (nSPS) is 10.4. The van der Waals surface area contributed by atoms with Crippen molar-refractivity contribution in [2.24, 2.45) is 0 Å². The van der Waals surface area contributed by atoms with Crippen LogP contribution in [0.5, 0.6) is 23.0 Å². The van der Waals surface area contributed by atoms with Gasteiger partial charge in [-0.05, 0) is 51.0 Å². The molecule has 0 aromatic heterocycles. The Morgan fingerprint density at radius 2 is 1.57 bits per heavy atom. The number of phenols is 1. The van der Waals surface area contributed by atoms with Gasteiger partial charge in [0, 0.05) is 11.6 Å². The summed E-state index contributed by atoms with van der Waals surface area (Å²) in [6.07, 6.45) is 0. The second kappa shape index (κ2) is 8.65. The molecule has 0 aliphatic heterocycles. The van der Waals surface area contributed by atoms with Crippen LogP contribution in [0.1, 0.15) is 44.3 Å². The molecule has 0 aliphatic rings. The molecule has 2 rings (SSSR count). The summed E-state index contributed by atoms with van der Waals surface area (Å²) in [4.78, 5) is 24.7. The fourth-order valence-electron chi connectivity index (χ4n) is 3.00. The number of esters is 2. The number of rotatable bonds is 6. The SMILES string of the molecule is CCOC(=O)c1c(C)cc(OC(=O)c2c(C)cc(OC)c(C)c2OC)cc1O. The van der Waals surface area contributed by atoms with Crippen LogP contribution in [0.3, 0.4) is 0 Å². The second-order valence-electron chi connectivity index (χ2n) is 6.17. The number of carbonyl (C=O) groups is 2. The van der Waals surface area contributed by atoms with Crippen molar-refractivity contribution >= 4 is 11.9 Å². The zero-order chi connectivity index (χ0) is 21.0. The van der Waals surface area contributed by atoms with E-state index in [9.17, 15) is 14.7 Å². The highest BCUT2D eigenvalue weighted by Crippen LogP contribution is 2.35. The molecule has 0 bridgehead atoms. The molecule has 0 fully saturated rings. The molecule has 7 nitrogen and oxygen atoms in total. The van der Waals surface area contributed by atoms with Gasteiger partial charge in [0.25, 0.3) is 0 Å². The Balaban J connectivity index is 2.41.